The fourth-order valence-corrected chi connectivity index (χ4v) is 4.16. The van der Waals surface area contributed by atoms with Crippen molar-refractivity contribution in [1.82, 2.24) is 10.3 Å². The van der Waals surface area contributed by atoms with E-state index in [0.717, 1.165) is 5.56 Å². The van der Waals surface area contributed by atoms with E-state index >= 15 is 0 Å². The molecule has 1 heterocycles. The van der Waals surface area contributed by atoms with Crippen LogP contribution in [-0.4, -0.2) is 35.4 Å². The Balaban J connectivity index is 1.33. The Morgan fingerprint density at radius 2 is 1.69 bits per heavy atom. The number of carbonyl (C=O) groups excluding carboxylic acids is 3. The van der Waals surface area contributed by atoms with Crippen LogP contribution in [0.2, 0.25) is 5.02 Å². The van der Waals surface area contributed by atoms with Gasteiger partial charge in [0, 0.05) is 33.6 Å². The number of ether oxygens (including phenoxy) is 1. The van der Waals surface area contributed by atoms with E-state index in [1.165, 1.54) is 13.5 Å². The highest BCUT2D eigenvalue weighted by molar-refractivity contribution is 6.39. The Labute approximate surface area is 230 Å². The highest BCUT2D eigenvalue weighted by atomic mass is 35.5. The number of halogens is 1. The molecule has 3 N–H and O–H groups in total. The third-order valence-corrected chi connectivity index (χ3v) is 6.00. The summed E-state index contributed by atoms with van der Waals surface area (Å²) in [5, 5.41) is 8.68. The zero-order valence-electron chi connectivity index (χ0n) is 21.6. The van der Waals surface area contributed by atoms with Gasteiger partial charge in [-0.15, -0.1) is 0 Å². The van der Waals surface area contributed by atoms with E-state index in [9.17, 15) is 14.4 Å². The van der Waals surface area contributed by atoms with E-state index in [1.807, 2.05) is 26.0 Å². The van der Waals surface area contributed by atoms with E-state index < -0.39 is 17.4 Å². The Morgan fingerprint density at radius 1 is 0.949 bits per heavy atom. The monoisotopic (exact) mass is 546 g/mol. The summed E-state index contributed by atoms with van der Waals surface area (Å²) in [7, 11) is 1.50. The van der Waals surface area contributed by atoms with E-state index in [2.05, 4.69) is 20.9 Å². The molecule has 200 valence electrons. The van der Waals surface area contributed by atoms with Gasteiger partial charge in [-0.25, -0.2) is 4.98 Å². The molecule has 9 nitrogen and oxygen atoms in total. The zero-order chi connectivity index (χ0) is 28.0. The SMILES string of the molecule is COc1cc(NC(=O)C(=O)NC(C)(C)Cc2ccc(NC(=O)c3cccc(Cl)c3)cc2)ccc1-c1cnco1. The van der Waals surface area contributed by atoms with Crippen LogP contribution >= 0.6 is 11.6 Å². The van der Waals surface area contributed by atoms with E-state index in [1.54, 1.807) is 60.8 Å². The molecule has 0 spiro atoms. The highest BCUT2D eigenvalue weighted by Crippen LogP contribution is 2.32. The minimum atomic E-state index is -0.809. The molecule has 1 aromatic heterocycles. The minimum absolute atomic E-state index is 0.269. The van der Waals surface area contributed by atoms with Crippen LogP contribution in [0.5, 0.6) is 5.75 Å². The van der Waals surface area contributed by atoms with Crippen molar-refractivity contribution in [2.45, 2.75) is 25.8 Å². The predicted molar refractivity (Wildman–Crippen MR) is 149 cm³/mol. The Morgan fingerprint density at radius 3 is 2.36 bits per heavy atom. The summed E-state index contributed by atoms with van der Waals surface area (Å²) in [6, 6.07) is 18.9. The van der Waals surface area contributed by atoms with Crippen molar-refractivity contribution in [2.24, 2.45) is 0 Å². The van der Waals surface area contributed by atoms with Crippen molar-refractivity contribution >= 4 is 40.7 Å². The minimum Gasteiger partial charge on any atom is -0.496 e. The second kappa shape index (κ2) is 11.8. The fourth-order valence-electron chi connectivity index (χ4n) is 3.97. The number of rotatable bonds is 8. The van der Waals surface area contributed by atoms with Crippen LogP contribution in [0.3, 0.4) is 0 Å². The van der Waals surface area contributed by atoms with E-state index in [4.69, 9.17) is 20.8 Å². The van der Waals surface area contributed by atoms with Gasteiger partial charge in [0.25, 0.3) is 5.91 Å². The average molecular weight is 547 g/mol. The topological polar surface area (TPSA) is 123 Å². The first kappa shape index (κ1) is 27.4. The molecule has 0 aliphatic rings. The molecule has 0 aliphatic heterocycles. The number of hydrogen-bond donors (Lipinski definition) is 3. The number of aromatic nitrogens is 1. The molecule has 0 aliphatic carbocycles. The fraction of sp³-hybridized carbons (Fsp3) is 0.172. The first-order valence-electron chi connectivity index (χ1n) is 12.0. The van der Waals surface area contributed by atoms with Gasteiger partial charge >= 0.3 is 11.8 Å². The van der Waals surface area contributed by atoms with Crippen LogP contribution in [0, 0.1) is 0 Å². The maximum absolute atomic E-state index is 12.7. The summed E-state index contributed by atoms with van der Waals surface area (Å²) in [6.45, 7) is 3.64. The molecule has 0 saturated carbocycles. The van der Waals surface area contributed by atoms with Gasteiger partial charge in [0.2, 0.25) is 0 Å². The maximum Gasteiger partial charge on any atom is 0.313 e. The highest BCUT2D eigenvalue weighted by Gasteiger charge is 2.25. The lowest BCUT2D eigenvalue weighted by atomic mass is 9.94. The molecule has 0 unspecified atom stereocenters. The number of anilines is 2. The number of nitrogens with one attached hydrogen (secondary N) is 3. The second-order valence-corrected chi connectivity index (χ2v) is 9.85. The molecule has 10 heteroatoms. The molecule has 0 bridgehead atoms. The Bertz CT molecular complexity index is 1480. The van der Waals surface area contributed by atoms with Gasteiger partial charge in [-0.2, -0.15) is 0 Å². The van der Waals surface area contributed by atoms with Gasteiger partial charge in [-0.1, -0.05) is 29.8 Å². The molecule has 0 atom stereocenters. The summed E-state index contributed by atoms with van der Waals surface area (Å²) in [4.78, 5) is 41.6. The predicted octanol–water partition coefficient (Wildman–Crippen LogP) is 5.33. The lowest BCUT2D eigenvalue weighted by Gasteiger charge is -2.26. The van der Waals surface area contributed by atoms with Gasteiger partial charge in [0.05, 0.1) is 18.9 Å². The first-order valence-corrected chi connectivity index (χ1v) is 12.4. The van der Waals surface area contributed by atoms with E-state index in [0.29, 0.717) is 45.5 Å². The van der Waals surface area contributed by atoms with Gasteiger partial charge in [0.15, 0.2) is 12.2 Å². The van der Waals surface area contributed by atoms with Gasteiger partial charge < -0.3 is 25.1 Å². The molecule has 0 saturated heterocycles. The molecular weight excluding hydrogens is 520 g/mol. The smallest absolute Gasteiger partial charge is 0.313 e. The zero-order valence-corrected chi connectivity index (χ0v) is 22.3. The molecule has 4 rings (SSSR count). The number of carbonyl (C=O) groups is 3. The Hall–Kier alpha value is -4.63. The number of oxazole rings is 1. The Kier molecular flexibility index (Phi) is 8.31. The summed E-state index contributed by atoms with van der Waals surface area (Å²) in [5.41, 5.74) is 2.31. The normalized spacial score (nSPS) is 11.0. The lowest BCUT2D eigenvalue weighted by Crippen LogP contribution is -2.49. The van der Waals surface area contributed by atoms with E-state index in [-0.39, 0.29) is 5.91 Å². The number of benzene rings is 3. The van der Waals surface area contributed by atoms with Crippen molar-refractivity contribution in [3.05, 3.63) is 95.5 Å². The van der Waals surface area contributed by atoms with Crippen molar-refractivity contribution in [3.8, 4) is 17.1 Å². The average Bonchev–Trinajstić information content (AvgIpc) is 3.44. The van der Waals surface area contributed by atoms with Gasteiger partial charge in [-0.3, -0.25) is 14.4 Å². The molecule has 0 fully saturated rings. The van der Waals surface area contributed by atoms with Crippen molar-refractivity contribution < 1.29 is 23.5 Å². The third kappa shape index (κ3) is 7.24. The van der Waals surface area contributed by atoms with Gasteiger partial charge in [-0.05, 0) is 68.3 Å². The maximum atomic E-state index is 12.7. The lowest BCUT2D eigenvalue weighted by molar-refractivity contribution is -0.137. The van der Waals surface area contributed by atoms with Crippen LogP contribution in [0.15, 0.2) is 83.7 Å². The summed E-state index contributed by atoms with van der Waals surface area (Å²) in [6.07, 6.45) is 3.32. The van der Waals surface area contributed by atoms with Crippen LogP contribution in [0.1, 0.15) is 29.8 Å². The molecule has 3 aromatic carbocycles. The summed E-state index contributed by atoms with van der Waals surface area (Å²) in [5.74, 6) is -0.882. The molecular formula is C29H27ClN4O5. The number of nitrogens with zero attached hydrogens (tertiary/aromatic N) is 1. The molecule has 0 radical (unpaired) electrons. The van der Waals surface area contributed by atoms with Crippen LogP contribution in [0.25, 0.3) is 11.3 Å². The standard InChI is InChI=1S/C29H27ClN4O5/c1-29(2,15-18-7-9-21(10-8-18)32-26(35)19-5-4-6-20(30)13-19)34-28(37)27(36)33-22-11-12-23(24(14-22)38-3)25-16-31-17-39-25/h4-14,16-17H,15H2,1-3H3,(H,32,35)(H,33,36)(H,34,37). The second-order valence-electron chi connectivity index (χ2n) is 9.41. The molecule has 3 amide bonds. The van der Waals surface area contributed by atoms with Crippen LogP contribution < -0.4 is 20.7 Å². The molecule has 39 heavy (non-hydrogen) atoms. The summed E-state index contributed by atoms with van der Waals surface area (Å²) >= 11 is 5.96. The number of hydrogen-bond acceptors (Lipinski definition) is 6. The van der Waals surface area contributed by atoms with Crippen LogP contribution in [-0.2, 0) is 16.0 Å². The van der Waals surface area contributed by atoms with Crippen LogP contribution in [0.4, 0.5) is 11.4 Å². The quantitative estimate of drug-likeness (QED) is 0.257. The largest absolute Gasteiger partial charge is 0.496 e. The summed E-state index contributed by atoms with van der Waals surface area (Å²) < 4.78 is 10.7. The van der Waals surface area contributed by atoms with Gasteiger partial charge in [0.1, 0.15) is 5.75 Å². The van der Waals surface area contributed by atoms with Crippen molar-refractivity contribution in [3.63, 3.8) is 0 Å². The first-order chi connectivity index (χ1) is 18.6. The number of amides is 3. The third-order valence-electron chi connectivity index (χ3n) is 5.76. The van der Waals surface area contributed by atoms with Crippen molar-refractivity contribution in [2.75, 3.05) is 17.7 Å². The number of methoxy groups -OCH3 is 1. The molecule has 4 aromatic rings. The van der Waals surface area contributed by atoms with Crippen molar-refractivity contribution in [1.29, 1.82) is 0 Å².